The van der Waals surface area contributed by atoms with Gasteiger partial charge in [-0.25, -0.2) is 4.68 Å². The zero-order valence-corrected chi connectivity index (χ0v) is 12.1. The van der Waals surface area contributed by atoms with Gasteiger partial charge in [-0.15, -0.1) is 5.10 Å². The second kappa shape index (κ2) is 6.38. The minimum Gasteiger partial charge on any atom is -0.493 e. The summed E-state index contributed by atoms with van der Waals surface area (Å²) in [7, 11) is 3.26. The van der Waals surface area contributed by atoms with E-state index in [4.69, 9.17) is 15.2 Å². The summed E-state index contributed by atoms with van der Waals surface area (Å²) in [6, 6.07) is 3.93. The highest BCUT2D eigenvalue weighted by Crippen LogP contribution is 2.30. The van der Waals surface area contributed by atoms with E-state index in [0.717, 1.165) is 34.7 Å². The lowest BCUT2D eigenvalue weighted by molar-refractivity contribution is 0.354. The van der Waals surface area contributed by atoms with Gasteiger partial charge in [-0.05, 0) is 36.7 Å². The first-order valence-electron chi connectivity index (χ1n) is 6.48. The molecule has 1 heterocycles. The van der Waals surface area contributed by atoms with Gasteiger partial charge >= 0.3 is 0 Å². The quantitative estimate of drug-likeness (QED) is 0.856. The summed E-state index contributed by atoms with van der Waals surface area (Å²) in [5.74, 6) is 1.45. The Labute approximate surface area is 118 Å². The fraction of sp³-hybridized carbons (Fsp3) is 0.429. The van der Waals surface area contributed by atoms with Crippen molar-refractivity contribution in [1.82, 2.24) is 15.0 Å². The summed E-state index contributed by atoms with van der Waals surface area (Å²) in [4.78, 5) is 0. The predicted octanol–water partition coefficient (Wildman–Crippen LogP) is 1.15. The van der Waals surface area contributed by atoms with E-state index < -0.39 is 0 Å². The molecule has 20 heavy (non-hydrogen) atoms. The summed E-state index contributed by atoms with van der Waals surface area (Å²) in [6.45, 7) is 3.26. The molecule has 6 heteroatoms. The third-order valence-electron chi connectivity index (χ3n) is 3.16. The average Bonchev–Trinajstić information content (AvgIpc) is 2.88. The number of aromatic nitrogens is 3. The first kappa shape index (κ1) is 14.3. The minimum absolute atomic E-state index is 0.577. The number of nitrogens with zero attached hydrogens (tertiary/aromatic N) is 3. The Hall–Kier alpha value is -2.08. The van der Waals surface area contributed by atoms with Gasteiger partial charge in [0.2, 0.25) is 0 Å². The van der Waals surface area contributed by atoms with Crippen LogP contribution in [0.1, 0.15) is 16.8 Å². The third kappa shape index (κ3) is 3.08. The standard InChI is InChI=1S/C14H20N4O2/c1-10-6-13(19-2)14(20-3)7-11(10)8-18-9-12(4-5-15)16-17-18/h6-7,9H,4-5,8,15H2,1-3H3. The smallest absolute Gasteiger partial charge is 0.161 e. The van der Waals surface area contributed by atoms with Gasteiger partial charge in [0, 0.05) is 12.6 Å². The molecule has 0 saturated carbocycles. The van der Waals surface area contributed by atoms with Crippen LogP contribution in [-0.4, -0.2) is 35.8 Å². The topological polar surface area (TPSA) is 75.2 Å². The molecule has 0 aliphatic carbocycles. The predicted molar refractivity (Wildman–Crippen MR) is 76.2 cm³/mol. The lowest BCUT2D eigenvalue weighted by Crippen LogP contribution is -2.04. The molecule has 0 unspecified atom stereocenters. The molecule has 2 N–H and O–H groups in total. The fourth-order valence-electron chi connectivity index (χ4n) is 2.05. The van der Waals surface area contributed by atoms with Crippen molar-refractivity contribution in [3.8, 4) is 11.5 Å². The molecule has 2 rings (SSSR count). The molecule has 6 nitrogen and oxygen atoms in total. The number of nitrogens with two attached hydrogens (primary N) is 1. The lowest BCUT2D eigenvalue weighted by Gasteiger charge is -2.12. The van der Waals surface area contributed by atoms with Crippen molar-refractivity contribution in [3.63, 3.8) is 0 Å². The normalized spacial score (nSPS) is 10.6. The number of hydrogen-bond acceptors (Lipinski definition) is 5. The number of rotatable bonds is 6. The second-order valence-electron chi connectivity index (χ2n) is 4.58. The van der Waals surface area contributed by atoms with E-state index >= 15 is 0 Å². The van der Waals surface area contributed by atoms with E-state index in [9.17, 15) is 0 Å². The van der Waals surface area contributed by atoms with Crippen LogP contribution in [-0.2, 0) is 13.0 Å². The summed E-state index contributed by atoms with van der Waals surface area (Å²) in [6.07, 6.45) is 2.66. The minimum atomic E-state index is 0.577. The van der Waals surface area contributed by atoms with Crippen molar-refractivity contribution < 1.29 is 9.47 Å². The van der Waals surface area contributed by atoms with E-state index in [-0.39, 0.29) is 0 Å². The van der Waals surface area contributed by atoms with Crippen molar-refractivity contribution in [3.05, 3.63) is 35.2 Å². The lowest BCUT2D eigenvalue weighted by atomic mass is 10.1. The molecule has 0 amide bonds. The number of hydrogen-bond donors (Lipinski definition) is 1. The molecule has 0 spiro atoms. The average molecular weight is 276 g/mol. The largest absolute Gasteiger partial charge is 0.493 e. The van der Waals surface area contributed by atoms with E-state index in [1.165, 1.54) is 0 Å². The zero-order chi connectivity index (χ0) is 14.5. The zero-order valence-electron chi connectivity index (χ0n) is 12.1. The van der Waals surface area contributed by atoms with Crippen molar-refractivity contribution >= 4 is 0 Å². The van der Waals surface area contributed by atoms with Crippen LogP contribution in [0.4, 0.5) is 0 Å². The van der Waals surface area contributed by atoms with Gasteiger partial charge in [-0.2, -0.15) is 0 Å². The Balaban J connectivity index is 2.23. The molecule has 1 aromatic carbocycles. The Bertz CT molecular complexity index is 581. The van der Waals surface area contributed by atoms with E-state index in [2.05, 4.69) is 10.3 Å². The maximum Gasteiger partial charge on any atom is 0.161 e. The molecule has 0 saturated heterocycles. The van der Waals surface area contributed by atoms with Crippen LogP contribution in [0.5, 0.6) is 11.5 Å². The van der Waals surface area contributed by atoms with Gasteiger partial charge in [0.25, 0.3) is 0 Å². The van der Waals surface area contributed by atoms with Gasteiger partial charge in [0.1, 0.15) is 0 Å². The van der Waals surface area contributed by atoms with Crippen molar-refractivity contribution in [2.75, 3.05) is 20.8 Å². The Morgan fingerprint density at radius 3 is 2.55 bits per heavy atom. The molecule has 0 atom stereocenters. The monoisotopic (exact) mass is 276 g/mol. The van der Waals surface area contributed by atoms with Crippen LogP contribution in [0.15, 0.2) is 18.3 Å². The number of methoxy groups -OCH3 is 2. The molecule has 1 aromatic heterocycles. The first-order valence-corrected chi connectivity index (χ1v) is 6.48. The Morgan fingerprint density at radius 2 is 1.90 bits per heavy atom. The molecule has 0 fully saturated rings. The van der Waals surface area contributed by atoms with Crippen molar-refractivity contribution in [1.29, 1.82) is 0 Å². The molecule has 0 bridgehead atoms. The van der Waals surface area contributed by atoms with Gasteiger partial charge in [-0.1, -0.05) is 5.21 Å². The molecule has 0 radical (unpaired) electrons. The highest BCUT2D eigenvalue weighted by Gasteiger charge is 2.10. The molecule has 0 aliphatic rings. The Morgan fingerprint density at radius 1 is 1.20 bits per heavy atom. The highest BCUT2D eigenvalue weighted by atomic mass is 16.5. The van der Waals surface area contributed by atoms with Gasteiger partial charge < -0.3 is 15.2 Å². The van der Waals surface area contributed by atoms with E-state index in [0.29, 0.717) is 13.1 Å². The van der Waals surface area contributed by atoms with Crippen LogP contribution < -0.4 is 15.2 Å². The van der Waals surface area contributed by atoms with E-state index in [1.807, 2.05) is 25.3 Å². The van der Waals surface area contributed by atoms with Crippen LogP contribution in [0.3, 0.4) is 0 Å². The molecular formula is C14H20N4O2. The Kier molecular flexibility index (Phi) is 4.57. The summed E-state index contributed by atoms with van der Waals surface area (Å²) in [5.41, 5.74) is 8.66. The summed E-state index contributed by atoms with van der Waals surface area (Å²) in [5, 5.41) is 8.19. The summed E-state index contributed by atoms with van der Waals surface area (Å²) < 4.78 is 12.4. The first-order chi connectivity index (χ1) is 9.67. The summed E-state index contributed by atoms with van der Waals surface area (Å²) >= 11 is 0. The van der Waals surface area contributed by atoms with Crippen LogP contribution in [0.2, 0.25) is 0 Å². The van der Waals surface area contributed by atoms with Gasteiger partial charge in [0.15, 0.2) is 11.5 Å². The van der Waals surface area contributed by atoms with Crippen LogP contribution in [0, 0.1) is 6.92 Å². The number of aryl methyl sites for hydroxylation is 1. The molecule has 0 aliphatic heterocycles. The van der Waals surface area contributed by atoms with E-state index in [1.54, 1.807) is 18.9 Å². The fourth-order valence-corrected chi connectivity index (χ4v) is 2.05. The van der Waals surface area contributed by atoms with Gasteiger partial charge in [-0.3, -0.25) is 0 Å². The third-order valence-corrected chi connectivity index (χ3v) is 3.16. The number of ether oxygens (including phenoxy) is 2. The van der Waals surface area contributed by atoms with Crippen LogP contribution >= 0.6 is 0 Å². The molecule has 2 aromatic rings. The van der Waals surface area contributed by atoms with Crippen molar-refractivity contribution in [2.45, 2.75) is 19.9 Å². The molecular weight excluding hydrogens is 256 g/mol. The SMILES string of the molecule is COc1cc(C)c(Cn2cc(CCN)nn2)cc1OC. The second-order valence-corrected chi connectivity index (χ2v) is 4.58. The molecule has 108 valence electrons. The van der Waals surface area contributed by atoms with Crippen molar-refractivity contribution in [2.24, 2.45) is 5.73 Å². The number of benzene rings is 1. The maximum absolute atomic E-state index is 5.51. The highest BCUT2D eigenvalue weighted by molar-refractivity contribution is 5.47. The van der Waals surface area contributed by atoms with Crippen LogP contribution in [0.25, 0.3) is 0 Å². The maximum atomic E-state index is 5.51. The van der Waals surface area contributed by atoms with Gasteiger partial charge in [0.05, 0.1) is 26.5 Å².